The van der Waals surface area contributed by atoms with Gasteiger partial charge in [-0.2, -0.15) is 0 Å². The lowest BCUT2D eigenvalue weighted by Crippen LogP contribution is -1.78. The Hall–Kier alpha value is -2.10. The minimum atomic E-state index is 0.511. The molecule has 0 aliphatic carbocycles. The van der Waals surface area contributed by atoms with Crippen LogP contribution < -0.4 is 0 Å². The molecule has 0 unspecified atom stereocenters. The Labute approximate surface area is 79.2 Å². The Balaban J connectivity index is 2.36. The van der Waals surface area contributed by atoms with Gasteiger partial charge in [-0.05, 0) is 18.2 Å². The van der Waals surface area contributed by atoms with E-state index in [0.29, 0.717) is 5.89 Å². The van der Waals surface area contributed by atoms with E-state index in [1.165, 1.54) is 6.39 Å². The van der Waals surface area contributed by atoms with Gasteiger partial charge in [0.15, 0.2) is 0 Å². The zero-order valence-electron chi connectivity index (χ0n) is 7.18. The Bertz CT molecular complexity index is 554. The van der Waals surface area contributed by atoms with Crippen molar-refractivity contribution in [1.82, 2.24) is 10.2 Å². The quantitative estimate of drug-likeness (QED) is 0.585. The van der Waals surface area contributed by atoms with E-state index < -0.39 is 0 Å². The van der Waals surface area contributed by atoms with E-state index in [1.807, 2.05) is 24.3 Å². The summed E-state index contributed by atoms with van der Waals surface area (Å²) in [6, 6.07) is 7.60. The highest BCUT2D eigenvalue weighted by molar-refractivity contribution is 5.91. The summed E-state index contributed by atoms with van der Waals surface area (Å²) in [6.07, 6.45) is 2.96. The van der Waals surface area contributed by atoms with Crippen molar-refractivity contribution in [3.8, 4) is 11.5 Å². The summed E-state index contributed by atoms with van der Waals surface area (Å²) >= 11 is 0. The topological polar surface area (TPSA) is 52.1 Å². The Morgan fingerprint density at radius 1 is 1.07 bits per heavy atom. The van der Waals surface area contributed by atoms with Crippen LogP contribution in [0.15, 0.2) is 45.8 Å². The Kier molecular flexibility index (Phi) is 1.41. The maximum atomic E-state index is 5.27. The Morgan fingerprint density at radius 3 is 2.93 bits per heavy atom. The summed E-state index contributed by atoms with van der Waals surface area (Å²) in [4.78, 5) is 0. The zero-order chi connectivity index (χ0) is 9.38. The molecule has 2 heterocycles. The van der Waals surface area contributed by atoms with Gasteiger partial charge >= 0.3 is 0 Å². The van der Waals surface area contributed by atoms with Gasteiger partial charge in [0.05, 0.1) is 6.26 Å². The largest absolute Gasteiger partial charge is 0.464 e. The van der Waals surface area contributed by atoms with Gasteiger partial charge in [0.25, 0.3) is 0 Å². The van der Waals surface area contributed by atoms with Crippen LogP contribution in [0.4, 0.5) is 0 Å². The summed E-state index contributed by atoms with van der Waals surface area (Å²) in [7, 11) is 0. The van der Waals surface area contributed by atoms with Gasteiger partial charge in [0.2, 0.25) is 12.3 Å². The van der Waals surface area contributed by atoms with Gasteiger partial charge in [-0.1, -0.05) is 6.07 Å². The molecule has 0 bridgehead atoms. The molecule has 1 aromatic carbocycles. The molecule has 2 aromatic heterocycles. The van der Waals surface area contributed by atoms with Gasteiger partial charge < -0.3 is 8.83 Å². The third kappa shape index (κ3) is 0.939. The summed E-state index contributed by atoms with van der Waals surface area (Å²) in [5.41, 5.74) is 1.72. The highest BCUT2D eigenvalue weighted by Gasteiger charge is 2.08. The summed E-state index contributed by atoms with van der Waals surface area (Å²) in [5.74, 6) is 0.511. The molecule has 0 saturated heterocycles. The molecule has 0 fully saturated rings. The van der Waals surface area contributed by atoms with E-state index in [-0.39, 0.29) is 0 Å². The van der Waals surface area contributed by atoms with Gasteiger partial charge in [0, 0.05) is 10.9 Å². The average Bonchev–Trinajstić information content (AvgIpc) is 2.88. The molecule has 0 spiro atoms. The van der Waals surface area contributed by atoms with Crippen LogP contribution >= 0.6 is 0 Å². The minimum absolute atomic E-state index is 0.511. The summed E-state index contributed by atoms with van der Waals surface area (Å²) in [6.45, 7) is 0. The second kappa shape index (κ2) is 2.70. The molecule has 0 aliphatic heterocycles. The molecule has 68 valence electrons. The van der Waals surface area contributed by atoms with Gasteiger partial charge in [-0.3, -0.25) is 0 Å². The van der Waals surface area contributed by atoms with Crippen LogP contribution in [0.5, 0.6) is 0 Å². The SMILES string of the molecule is c1cc(-c2nnco2)c2ccoc2c1. The van der Waals surface area contributed by atoms with Crippen LogP contribution in [-0.2, 0) is 0 Å². The smallest absolute Gasteiger partial charge is 0.248 e. The van der Waals surface area contributed by atoms with Gasteiger partial charge in [0.1, 0.15) is 5.58 Å². The number of benzene rings is 1. The van der Waals surface area contributed by atoms with Crippen molar-refractivity contribution in [3.63, 3.8) is 0 Å². The van der Waals surface area contributed by atoms with E-state index >= 15 is 0 Å². The summed E-state index contributed by atoms with van der Waals surface area (Å²) < 4.78 is 10.4. The number of hydrogen-bond acceptors (Lipinski definition) is 4. The molecule has 0 aliphatic rings. The van der Waals surface area contributed by atoms with Crippen molar-refractivity contribution in [2.75, 3.05) is 0 Å². The highest BCUT2D eigenvalue weighted by Crippen LogP contribution is 2.27. The van der Waals surface area contributed by atoms with E-state index in [0.717, 1.165) is 16.5 Å². The van der Waals surface area contributed by atoms with E-state index in [9.17, 15) is 0 Å². The van der Waals surface area contributed by atoms with E-state index in [4.69, 9.17) is 8.83 Å². The van der Waals surface area contributed by atoms with E-state index in [1.54, 1.807) is 6.26 Å². The highest BCUT2D eigenvalue weighted by atomic mass is 16.4. The van der Waals surface area contributed by atoms with Crippen LogP contribution in [0, 0.1) is 0 Å². The normalized spacial score (nSPS) is 10.9. The zero-order valence-corrected chi connectivity index (χ0v) is 7.18. The van der Waals surface area contributed by atoms with Crippen LogP contribution in [0.25, 0.3) is 22.4 Å². The third-order valence-corrected chi connectivity index (χ3v) is 2.09. The Morgan fingerprint density at radius 2 is 2.07 bits per heavy atom. The number of aromatic nitrogens is 2. The standard InChI is InChI=1S/C10H6N2O2/c1-2-8(10-12-11-6-14-10)7-4-5-13-9(7)3-1/h1-6H. The first kappa shape index (κ1) is 7.32. The third-order valence-electron chi connectivity index (χ3n) is 2.09. The van der Waals surface area contributed by atoms with Crippen molar-refractivity contribution >= 4 is 11.0 Å². The minimum Gasteiger partial charge on any atom is -0.464 e. The second-order valence-electron chi connectivity index (χ2n) is 2.88. The fourth-order valence-electron chi connectivity index (χ4n) is 1.47. The maximum absolute atomic E-state index is 5.27. The van der Waals surface area contributed by atoms with Crippen molar-refractivity contribution < 1.29 is 8.83 Å². The number of furan rings is 1. The number of hydrogen-bond donors (Lipinski definition) is 0. The van der Waals surface area contributed by atoms with Gasteiger partial charge in [-0.25, -0.2) is 0 Å². The van der Waals surface area contributed by atoms with Crippen LogP contribution in [0.2, 0.25) is 0 Å². The molecule has 4 heteroatoms. The molecule has 3 aromatic rings. The molecular weight excluding hydrogens is 180 g/mol. The lowest BCUT2D eigenvalue weighted by Gasteiger charge is -1.94. The van der Waals surface area contributed by atoms with Gasteiger partial charge in [-0.15, -0.1) is 10.2 Å². The lowest BCUT2D eigenvalue weighted by atomic mass is 10.1. The lowest BCUT2D eigenvalue weighted by molar-refractivity contribution is 0.569. The number of rotatable bonds is 1. The second-order valence-corrected chi connectivity index (χ2v) is 2.88. The molecule has 0 N–H and O–H groups in total. The number of fused-ring (bicyclic) bond motifs is 1. The first-order chi connectivity index (χ1) is 6.95. The predicted octanol–water partition coefficient (Wildman–Crippen LogP) is 2.48. The molecule has 4 nitrogen and oxygen atoms in total. The monoisotopic (exact) mass is 186 g/mol. The molecule has 3 rings (SSSR count). The first-order valence-electron chi connectivity index (χ1n) is 4.18. The van der Waals surface area contributed by atoms with Crippen molar-refractivity contribution in [2.45, 2.75) is 0 Å². The summed E-state index contributed by atoms with van der Waals surface area (Å²) in [5, 5.41) is 8.48. The fraction of sp³-hybridized carbons (Fsp3) is 0. The molecule has 0 amide bonds. The maximum Gasteiger partial charge on any atom is 0.248 e. The first-order valence-corrected chi connectivity index (χ1v) is 4.18. The van der Waals surface area contributed by atoms with Crippen molar-refractivity contribution in [1.29, 1.82) is 0 Å². The van der Waals surface area contributed by atoms with Crippen LogP contribution in [0.1, 0.15) is 0 Å². The van der Waals surface area contributed by atoms with Crippen molar-refractivity contribution in [2.24, 2.45) is 0 Å². The van der Waals surface area contributed by atoms with Crippen molar-refractivity contribution in [3.05, 3.63) is 36.9 Å². The predicted molar refractivity (Wildman–Crippen MR) is 49.5 cm³/mol. The number of nitrogens with zero attached hydrogens (tertiary/aromatic N) is 2. The average molecular weight is 186 g/mol. The fourth-order valence-corrected chi connectivity index (χ4v) is 1.47. The van der Waals surface area contributed by atoms with E-state index in [2.05, 4.69) is 10.2 Å². The molecule has 14 heavy (non-hydrogen) atoms. The van der Waals surface area contributed by atoms with Crippen LogP contribution in [0.3, 0.4) is 0 Å². The van der Waals surface area contributed by atoms with Crippen LogP contribution in [-0.4, -0.2) is 10.2 Å². The molecule has 0 radical (unpaired) electrons. The molecule has 0 saturated carbocycles. The molecular formula is C10H6N2O2. The molecule has 0 atom stereocenters.